The van der Waals surface area contributed by atoms with Gasteiger partial charge in [0.1, 0.15) is 11.8 Å². The molecule has 0 aliphatic heterocycles. The van der Waals surface area contributed by atoms with Crippen LogP contribution in [0, 0.1) is 11.3 Å². The molecule has 0 aliphatic carbocycles. The summed E-state index contributed by atoms with van der Waals surface area (Å²) in [4.78, 5) is 14.2. The highest BCUT2D eigenvalue weighted by molar-refractivity contribution is 9.10. The highest BCUT2D eigenvalue weighted by atomic mass is 79.9. The number of para-hydroxylation sites is 1. The van der Waals surface area contributed by atoms with Gasteiger partial charge in [0.15, 0.2) is 0 Å². The van der Waals surface area contributed by atoms with Gasteiger partial charge in [0.25, 0.3) is 0 Å². The molecule has 0 aromatic heterocycles. The second kappa shape index (κ2) is 9.21. The molecule has 0 atom stereocenters. The van der Waals surface area contributed by atoms with Crippen LogP contribution in [0.15, 0.2) is 46.9 Å². The van der Waals surface area contributed by atoms with Crippen LogP contribution in [0.5, 0.6) is 5.75 Å². The van der Waals surface area contributed by atoms with Crippen molar-refractivity contribution in [2.24, 2.45) is 0 Å². The van der Waals surface area contributed by atoms with Crippen molar-refractivity contribution in [1.29, 1.82) is 5.26 Å². The number of nitrogens with zero attached hydrogens (tertiary/aromatic N) is 2. The number of carbonyl (C=O) groups excluding carboxylic acids is 1. The first-order valence-electron chi connectivity index (χ1n) is 7.83. The average Bonchev–Trinajstić information content (AvgIpc) is 2.60. The molecule has 0 radical (unpaired) electrons. The minimum atomic E-state index is -0.115. The van der Waals surface area contributed by atoms with Gasteiger partial charge in [-0.3, -0.25) is 4.79 Å². The van der Waals surface area contributed by atoms with E-state index in [1.807, 2.05) is 25.2 Å². The Hall–Kier alpha value is -2.36. The van der Waals surface area contributed by atoms with Gasteiger partial charge in [0.2, 0.25) is 5.91 Å². The third-order valence-electron chi connectivity index (χ3n) is 3.72. The quantitative estimate of drug-likeness (QED) is 0.766. The minimum Gasteiger partial charge on any atom is -0.496 e. The summed E-state index contributed by atoms with van der Waals surface area (Å²) < 4.78 is 6.36. The van der Waals surface area contributed by atoms with Crippen LogP contribution in [-0.4, -0.2) is 31.5 Å². The molecular formula is C19H20BrN3O2. The summed E-state index contributed by atoms with van der Waals surface area (Å²) in [5, 5.41) is 11.9. The number of halogens is 1. The summed E-state index contributed by atoms with van der Waals surface area (Å²) in [6, 6.07) is 14.9. The van der Waals surface area contributed by atoms with Crippen LogP contribution in [0.3, 0.4) is 0 Å². The van der Waals surface area contributed by atoms with Gasteiger partial charge in [0.05, 0.1) is 18.4 Å². The van der Waals surface area contributed by atoms with Gasteiger partial charge in [-0.15, -0.1) is 0 Å². The molecule has 0 saturated carbocycles. The molecule has 25 heavy (non-hydrogen) atoms. The Morgan fingerprint density at radius 1 is 1.32 bits per heavy atom. The van der Waals surface area contributed by atoms with Crippen molar-refractivity contribution in [2.45, 2.75) is 13.0 Å². The molecule has 2 aromatic carbocycles. The first-order chi connectivity index (χ1) is 12.0. The van der Waals surface area contributed by atoms with E-state index < -0.39 is 0 Å². The second-order valence-corrected chi connectivity index (χ2v) is 6.57. The van der Waals surface area contributed by atoms with Crippen LogP contribution < -0.4 is 10.1 Å². The molecule has 2 aromatic rings. The van der Waals surface area contributed by atoms with E-state index in [-0.39, 0.29) is 5.91 Å². The van der Waals surface area contributed by atoms with Gasteiger partial charge in [-0.25, -0.2) is 0 Å². The summed E-state index contributed by atoms with van der Waals surface area (Å²) in [5.74, 6) is 0.707. The van der Waals surface area contributed by atoms with Crippen molar-refractivity contribution >= 4 is 27.5 Å². The zero-order valence-corrected chi connectivity index (χ0v) is 15.8. The fourth-order valence-corrected chi connectivity index (χ4v) is 2.84. The number of rotatable bonds is 7. The number of nitrogens with one attached hydrogen (secondary N) is 1. The molecule has 0 unspecified atom stereocenters. The van der Waals surface area contributed by atoms with Gasteiger partial charge in [-0.2, -0.15) is 5.26 Å². The number of hydrogen-bond acceptors (Lipinski definition) is 4. The summed E-state index contributed by atoms with van der Waals surface area (Å²) in [5.41, 5.74) is 2.06. The van der Waals surface area contributed by atoms with Crippen LogP contribution in [-0.2, 0) is 11.3 Å². The summed E-state index contributed by atoms with van der Waals surface area (Å²) in [6.45, 7) is 1.26. The fourth-order valence-electron chi connectivity index (χ4n) is 2.44. The van der Waals surface area contributed by atoms with Crippen LogP contribution >= 0.6 is 15.9 Å². The molecule has 0 spiro atoms. The third kappa shape index (κ3) is 5.59. The van der Waals surface area contributed by atoms with Crippen LogP contribution in [0.2, 0.25) is 0 Å². The predicted octanol–water partition coefficient (Wildman–Crippen LogP) is 3.79. The maximum absolute atomic E-state index is 12.1. The first kappa shape index (κ1) is 19.0. The summed E-state index contributed by atoms with van der Waals surface area (Å²) in [7, 11) is 3.60. The lowest BCUT2D eigenvalue weighted by molar-refractivity contribution is -0.116. The van der Waals surface area contributed by atoms with Crippen LogP contribution in [0.25, 0.3) is 0 Å². The lowest BCUT2D eigenvalue weighted by Gasteiger charge is -2.18. The van der Waals surface area contributed by atoms with Crippen LogP contribution in [0.4, 0.5) is 5.69 Å². The standard InChI is InChI=1S/C19H20BrN3O2/c1-23(13-15-11-16(20)7-8-18(15)25-2)10-9-19(24)22-17-6-4-3-5-14(17)12-21/h3-8,11H,9-10,13H2,1-2H3,(H,22,24). The SMILES string of the molecule is COc1ccc(Br)cc1CN(C)CCC(=O)Nc1ccccc1C#N. The largest absolute Gasteiger partial charge is 0.496 e. The average molecular weight is 402 g/mol. The van der Waals surface area contributed by atoms with Crippen molar-refractivity contribution in [3.05, 3.63) is 58.1 Å². The third-order valence-corrected chi connectivity index (χ3v) is 4.22. The van der Waals surface area contributed by atoms with E-state index in [9.17, 15) is 4.79 Å². The van der Waals surface area contributed by atoms with Crippen molar-refractivity contribution < 1.29 is 9.53 Å². The molecule has 5 nitrogen and oxygen atoms in total. The highest BCUT2D eigenvalue weighted by Crippen LogP contribution is 2.24. The lowest BCUT2D eigenvalue weighted by atomic mass is 10.2. The molecule has 0 heterocycles. The van der Waals surface area contributed by atoms with E-state index in [1.165, 1.54) is 0 Å². The smallest absolute Gasteiger partial charge is 0.225 e. The Morgan fingerprint density at radius 3 is 2.80 bits per heavy atom. The second-order valence-electron chi connectivity index (χ2n) is 5.65. The molecule has 2 rings (SSSR count). The van der Waals surface area contributed by atoms with E-state index in [0.717, 1.165) is 15.8 Å². The summed E-state index contributed by atoms with van der Waals surface area (Å²) >= 11 is 3.46. The normalized spacial score (nSPS) is 10.4. The Balaban J connectivity index is 1.90. The predicted molar refractivity (Wildman–Crippen MR) is 101 cm³/mol. The molecule has 0 saturated heterocycles. The zero-order valence-electron chi connectivity index (χ0n) is 14.3. The lowest BCUT2D eigenvalue weighted by Crippen LogP contribution is -2.24. The number of benzene rings is 2. The number of carbonyl (C=O) groups is 1. The maximum Gasteiger partial charge on any atom is 0.225 e. The number of ether oxygens (including phenoxy) is 1. The molecule has 1 N–H and O–H groups in total. The van der Waals surface area contributed by atoms with E-state index >= 15 is 0 Å². The van der Waals surface area contributed by atoms with E-state index in [1.54, 1.807) is 31.4 Å². The van der Waals surface area contributed by atoms with E-state index in [0.29, 0.717) is 30.8 Å². The Morgan fingerprint density at radius 2 is 2.08 bits per heavy atom. The number of anilines is 1. The van der Waals surface area contributed by atoms with E-state index in [4.69, 9.17) is 10.00 Å². The van der Waals surface area contributed by atoms with Crippen LogP contribution in [0.1, 0.15) is 17.5 Å². The number of nitriles is 1. The van der Waals surface area contributed by atoms with Crippen molar-refractivity contribution in [1.82, 2.24) is 4.90 Å². The topological polar surface area (TPSA) is 65.4 Å². The molecule has 130 valence electrons. The van der Waals surface area contributed by atoms with Crippen molar-refractivity contribution in [2.75, 3.05) is 26.0 Å². The van der Waals surface area contributed by atoms with Gasteiger partial charge in [-0.05, 0) is 37.4 Å². The highest BCUT2D eigenvalue weighted by Gasteiger charge is 2.10. The monoisotopic (exact) mass is 401 g/mol. The maximum atomic E-state index is 12.1. The number of hydrogen-bond donors (Lipinski definition) is 1. The van der Waals surface area contributed by atoms with Gasteiger partial charge < -0.3 is 15.0 Å². The van der Waals surface area contributed by atoms with E-state index in [2.05, 4.69) is 32.2 Å². The molecule has 6 heteroatoms. The molecule has 0 aliphatic rings. The zero-order chi connectivity index (χ0) is 18.2. The van der Waals surface area contributed by atoms with Gasteiger partial charge in [-0.1, -0.05) is 28.1 Å². The number of methoxy groups -OCH3 is 1. The molecule has 0 bridgehead atoms. The fraction of sp³-hybridized carbons (Fsp3) is 0.263. The Bertz CT molecular complexity index is 786. The molecule has 0 fully saturated rings. The number of amides is 1. The summed E-state index contributed by atoms with van der Waals surface area (Å²) in [6.07, 6.45) is 0.340. The minimum absolute atomic E-state index is 0.115. The molecular weight excluding hydrogens is 382 g/mol. The first-order valence-corrected chi connectivity index (χ1v) is 8.62. The Labute approximate surface area is 156 Å². The van der Waals surface area contributed by atoms with Crippen molar-refractivity contribution in [3.8, 4) is 11.8 Å². The molecule has 1 amide bonds. The van der Waals surface area contributed by atoms with Gasteiger partial charge in [0, 0.05) is 29.5 Å². The van der Waals surface area contributed by atoms with Gasteiger partial charge >= 0.3 is 0 Å². The Kier molecular flexibility index (Phi) is 6.99. The van der Waals surface area contributed by atoms with Crippen molar-refractivity contribution in [3.63, 3.8) is 0 Å².